The first-order valence-corrected chi connectivity index (χ1v) is 6.30. The third kappa shape index (κ3) is 2.48. The van der Waals surface area contributed by atoms with Crippen molar-refractivity contribution < 1.29 is 4.79 Å². The molecule has 18 heavy (non-hydrogen) atoms. The number of nitrogens with zero attached hydrogens (tertiary/aromatic N) is 2. The van der Waals surface area contributed by atoms with E-state index in [-0.39, 0.29) is 5.91 Å². The molecule has 6 heteroatoms. The fourth-order valence-corrected chi connectivity index (χ4v) is 2.27. The molecule has 0 atom stereocenters. The lowest BCUT2D eigenvalue weighted by Gasteiger charge is -2.24. The summed E-state index contributed by atoms with van der Waals surface area (Å²) in [6, 6.07) is 1.60. The minimum atomic E-state index is -0.527. The summed E-state index contributed by atoms with van der Waals surface area (Å²) < 4.78 is 0. The Balaban J connectivity index is 2.20. The van der Waals surface area contributed by atoms with E-state index in [0.717, 1.165) is 5.01 Å². The van der Waals surface area contributed by atoms with Crippen LogP contribution >= 0.6 is 11.3 Å². The Labute approximate surface area is 109 Å². The molecule has 0 radical (unpaired) electrons. The summed E-state index contributed by atoms with van der Waals surface area (Å²) in [6.07, 6.45) is 4.72. The third-order valence-corrected chi connectivity index (χ3v) is 3.59. The highest BCUT2D eigenvalue weighted by Gasteiger charge is 2.26. The molecule has 2 rings (SSSR count). The van der Waals surface area contributed by atoms with Crippen LogP contribution in [0.4, 0.5) is 5.69 Å². The summed E-state index contributed by atoms with van der Waals surface area (Å²) in [5, 5.41) is 5.65. The quantitative estimate of drug-likeness (QED) is 0.883. The van der Waals surface area contributed by atoms with Crippen molar-refractivity contribution in [1.82, 2.24) is 15.3 Å². The number of thiazole rings is 1. The summed E-state index contributed by atoms with van der Waals surface area (Å²) >= 11 is 1.50. The van der Waals surface area contributed by atoms with Gasteiger partial charge in [0, 0.05) is 17.8 Å². The molecule has 2 aromatic heterocycles. The molecule has 0 aliphatic heterocycles. The summed E-state index contributed by atoms with van der Waals surface area (Å²) in [5.74, 6) is -0.227. The average Bonchev–Trinajstić information content (AvgIpc) is 2.82. The van der Waals surface area contributed by atoms with Crippen LogP contribution in [-0.2, 0) is 5.54 Å². The van der Waals surface area contributed by atoms with Gasteiger partial charge in [0.2, 0.25) is 0 Å². The van der Waals surface area contributed by atoms with Crippen LogP contribution in [0.2, 0.25) is 0 Å². The molecule has 0 unspecified atom stereocenters. The molecular formula is C12H14N4OS. The highest BCUT2D eigenvalue weighted by Crippen LogP contribution is 2.23. The molecule has 0 aromatic carbocycles. The van der Waals surface area contributed by atoms with Crippen LogP contribution in [0.25, 0.3) is 0 Å². The van der Waals surface area contributed by atoms with Crippen molar-refractivity contribution in [1.29, 1.82) is 0 Å². The van der Waals surface area contributed by atoms with E-state index in [1.54, 1.807) is 18.5 Å². The summed E-state index contributed by atoms with van der Waals surface area (Å²) in [5.41, 5.74) is 5.99. The predicted molar refractivity (Wildman–Crippen MR) is 71.3 cm³/mol. The van der Waals surface area contributed by atoms with Gasteiger partial charge in [-0.1, -0.05) is 0 Å². The molecule has 0 aliphatic carbocycles. The van der Waals surface area contributed by atoms with E-state index in [0.29, 0.717) is 11.3 Å². The SMILES string of the molecule is CC(C)(NC(=O)c1ccncc1N)c1nccs1. The van der Waals surface area contributed by atoms with Crippen molar-refractivity contribution in [3.8, 4) is 0 Å². The topological polar surface area (TPSA) is 80.9 Å². The lowest BCUT2D eigenvalue weighted by molar-refractivity contribution is 0.0913. The molecular weight excluding hydrogens is 248 g/mol. The Morgan fingerprint density at radius 1 is 1.44 bits per heavy atom. The second kappa shape index (κ2) is 4.73. The maximum absolute atomic E-state index is 12.1. The van der Waals surface area contributed by atoms with Crippen molar-refractivity contribution in [2.45, 2.75) is 19.4 Å². The number of aromatic nitrogens is 2. The first kappa shape index (κ1) is 12.5. The van der Waals surface area contributed by atoms with Gasteiger partial charge in [-0.2, -0.15) is 0 Å². The number of nitrogen functional groups attached to an aromatic ring is 1. The molecule has 5 nitrogen and oxygen atoms in total. The van der Waals surface area contributed by atoms with Crippen LogP contribution < -0.4 is 11.1 Å². The highest BCUT2D eigenvalue weighted by atomic mass is 32.1. The number of hydrogen-bond donors (Lipinski definition) is 2. The Kier molecular flexibility index (Phi) is 3.29. The van der Waals surface area contributed by atoms with E-state index < -0.39 is 5.54 Å². The van der Waals surface area contributed by atoms with Gasteiger partial charge in [0.15, 0.2) is 0 Å². The van der Waals surface area contributed by atoms with Crippen molar-refractivity contribution in [2.24, 2.45) is 0 Å². The minimum Gasteiger partial charge on any atom is -0.397 e. The lowest BCUT2D eigenvalue weighted by Crippen LogP contribution is -2.41. The second-order valence-electron chi connectivity index (χ2n) is 4.38. The largest absolute Gasteiger partial charge is 0.397 e. The van der Waals surface area contributed by atoms with Gasteiger partial charge in [-0.05, 0) is 19.9 Å². The number of pyridine rings is 1. The van der Waals surface area contributed by atoms with Gasteiger partial charge in [-0.3, -0.25) is 9.78 Å². The number of anilines is 1. The zero-order valence-corrected chi connectivity index (χ0v) is 11.0. The number of carbonyl (C=O) groups is 1. The molecule has 0 spiro atoms. The average molecular weight is 262 g/mol. The second-order valence-corrected chi connectivity index (χ2v) is 5.27. The summed E-state index contributed by atoms with van der Waals surface area (Å²) in [7, 11) is 0. The van der Waals surface area contributed by atoms with Crippen LogP contribution in [0.1, 0.15) is 29.2 Å². The number of hydrogen-bond acceptors (Lipinski definition) is 5. The first-order valence-electron chi connectivity index (χ1n) is 5.42. The first-order chi connectivity index (χ1) is 8.50. The molecule has 2 aromatic rings. The van der Waals surface area contributed by atoms with Crippen LogP contribution in [-0.4, -0.2) is 15.9 Å². The van der Waals surface area contributed by atoms with E-state index in [2.05, 4.69) is 15.3 Å². The number of carbonyl (C=O) groups excluding carboxylic acids is 1. The van der Waals surface area contributed by atoms with Gasteiger partial charge in [0.05, 0.1) is 23.0 Å². The summed E-state index contributed by atoms with van der Waals surface area (Å²) in [6.45, 7) is 3.81. The number of amides is 1. The van der Waals surface area contributed by atoms with Crippen LogP contribution in [0.5, 0.6) is 0 Å². The van der Waals surface area contributed by atoms with Crippen LogP contribution in [0, 0.1) is 0 Å². The molecule has 0 aliphatic rings. The zero-order chi connectivity index (χ0) is 13.2. The Morgan fingerprint density at radius 2 is 2.22 bits per heavy atom. The normalized spacial score (nSPS) is 11.2. The molecule has 0 saturated carbocycles. The zero-order valence-electron chi connectivity index (χ0n) is 10.2. The van der Waals surface area contributed by atoms with E-state index in [4.69, 9.17) is 5.73 Å². The molecule has 0 fully saturated rings. The molecule has 94 valence electrons. The van der Waals surface area contributed by atoms with Gasteiger partial charge in [0.1, 0.15) is 5.01 Å². The highest BCUT2D eigenvalue weighted by molar-refractivity contribution is 7.09. The number of nitrogens with one attached hydrogen (secondary N) is 1. The van der Waals surface area contributed by atoms with Crippen LogP contribution in [0.3, 0.4) is 0 Å². The number of rotatable bonds is 3. The van der Waals surface area contributed by atoms with Crippen molar-refractivity contribution in [3.63, 3.8) is 0 Å². The van der Waals surface area contributed by atoms with E-state index in [1.165, 1.54) is 17.5 Å². The lowest BCUT2D eigenvalue weighted by atomic mass is 10.1. The maximum atomic E-state index is 12.1. The van der Waals surface area contributed by atoms with E-state index in [1.807, 2.05) is 19.2 Å². The van der Waals surface area contributed by atoms with E-state index >= 15 is 0 Å². The van der Waals surface area contributed by atoms with Crippen LogP contribution in [0.15, 0.2) is 30.0 Å². The van der Waals surface area contributed by atoms with Gasteiger partial charge >= 0.3 is 0 Å². The molecule has 2 heterocycles. The van der Waals surface area contributed by atoms with Gasteiger partial charge in [-0.15, -0.1) is 11.3 Å². The van der Waals surface area contributed by atoms with Crippen molar-refractivity contribution in [2.75, 3.05) is 5.73 Å². The summed E-state index contributed by atoms with van der Waals surface area (Å²) in [4.78, 5) is 20.2. The molecule has 3 N–H and O–H groups in total. The fourth-order valence-electron chi connectivity index (χ4n) is 1.55. The van der Waals surface area contributed by atoms with E-state index in [9.17, 15) is 4.79 Å². The smallest absolute Gasteiger partial charge is 0.254 e. The van der Waals surface area contributed by atoms with Gasteiger partial charge in [-0.25, -0.2) is 4.98 Å². The standard InChI is InChI=1S/C12H14N4OS/c1-12(2,11-15-5-6-18-11)16-10(17)8-3-4-14-7-9(8)13/h3-7H,13H2,1-2H3,(H,16,17). The number of nitrogens with two attached hydrogens (primary N) is 1. The third-order valence-electron chi connectivity index (χ3n) is 2.49. The molecule has 1 amide bonds. The molecule has 0 bridgehead atoms. The maximum Gasteiger partial charge on any atom is 0.254 e. The Morgan fingerprint density at radius 3 is 2.83 bits per heavy atom. The van der Waals surface area contributed by atoms with Gasteiger partial charge < -0.3 is 11.1 Å². The Hall–Kier alpha value is -1.95. The monoisotopic (exact) mass is 262 g/mol. The van der Waals surface area contributed by atoms with Crippen molar-refractivity contribution in [3.05, 3.63) is 40.6 Å². The minimum absolute atomic E-state index is 0.227. The fraction of sp³-hybridized carbons (Fsp3) is 0.250. The predicted octanol–water partition coefficient (Wildman–Crippen LogP) is 1.79. The van der Waals surface area contributed by atoms with Gasteiger partial charge in [0.25, 0.3) is 5.91 Å². The van der Waals surface area contributed by atoms with Crippen molar-refractivity contribution >= 4 is 22.9 Å². The molecule has 0 saturated heterocycles. The Bertz CT molecular complexity index is 551.